The average molecular weight is 527 g/mol. The van der Waals surface area contributed by atoms with Gasteiger partial charge < -0.3 is 4.90 Å². The molecule has 1 saturated heterocycles. The zero-order valence-electron chi connectivity index (χ0n) is 17.8. The smallest absolute Gasteiger partial charge is 0.305 e. The van der Waals surface area contributed by atoms with Gasteiger partial charge in [-0.2, -0.15) is 5.26 Å². The highest BCUT2D eigenvalue weighted by atomic mass is 79.9. The van der Waals surface area contributed by atoms with Gasteiger partial charge in [-0.25, -0.2) is 14.1 Å². The summed E-state index contributed by atoms with van der Waals surface area (Å²) in [7, 11) is 0. The first-order valence-corrected chi connectivity index (χ1v) is 11.2. The van der Waals surface area contributed by atoms with E-state index in [0.717, 1.165) is 10.5 Å². The number of imide groups is 1. The molecule has 0 aromatic heterocycles. The van der Waals surface area contributed by atoms with Gasteiger partial charge in [-0.3, -0.25) is 4.79 Å². The molecular formula is C25H18BrClFN3O2. The van der Waals surface area contributed by atoms with Crippen LogP contribution in [0.25, 0.3) is 11.1 Å². The lowest BCUT2D eigenvalue weighted by atomic mass is 9.99. The Bertz CT molecular complexity index is 1320. The lowest BCUT2D eigenvalue weighted by Crippen LogP contribution is -2.43. The van der Waals surface area contributed by atoms with Crippen LogP contribution in [0.4, 0.5) is 14.9 Å². The van der Waals surface area contributed by atoms with E-state index in [0.29, 0.717) is 31.9 Å². The van der Waals surface area contributed by atoms with Crippen molar-refractivity contribution in [1.82, 2.24) is 4.90 Å². The molecule has 0 spiro atoms. The molecule has 3 amide bonds. The van der Waals surface area contributed by atoms with Crippen LogP contribution in [0.2, 0.25) is 5.02 Å². The fraction of sp³-hybridized carbons (Fsp3) is 0.160. The van der Waals surface area contributed by atoms with Crippen LogP contribution in [0, 0.1) is 17.1 Å². The molecule has 3 aromatic rings. The molecule has 0 unspecified atom stereocenters. The third-order valence-electron chi connectivity index (χ3n) is 5.70. The van der Waals surface area contributed by atoms with Crippen molar-refractivity contribution in [1.29, 1.82) is 5.26 Å². The maximum Gasteiger partial charge on any atom is 0.332 e. The van der Waals surface area contributed by atoms with Crippen LogP contribution < -0.4 is 4.90 Å². The Kier molecular flexibility index (Phi) is 6.00. The number of hydrogen-bond donors (Lipinski definition) is 0. The van der Waals surface area contributed by atoms with Gasteiger partial charge in [0.1, 0.15) is 11.4 Å². The van der Waals surface area contributed by atoms with E-state index in [-0.39, 0.29) is 6.54 Å². The zero-order chi connectivity index (χ0) is 23.9. The van der Waals surface area contributed by atoms with E-state index in [1.807, 2.05) is 0 Å². The predicted octanol–water partition coefficient (Wildman–Crippen LogP) is 6.53. The van der Waals surface area contributed by atoms with E-state index in [1.165, 1.54) is 17.0 Å². The second-order valence-electron chi connectivity index (χ2n) is 8.15. The van der Waals surface area contributed by atoms with E-state index in [2.05, 4.69) is 22.0 Å². The summed E-state index contributed by atoms with van der Waals surface area (Å²) in [6.07, 6.45) is 0. The largest absolute Gasteiger partial charge is 0.332 e. The average Bonchev–Trinajstić information content (AvgIpc) is 2.94. The molecule has 0 bridgehead atoms. The van der Waals surface area contributed by atoms with Gasteiger partial charge in [0.2, 0.25) is 0 Å². The summed E-state index contributed by atoms with van der Waals surface area (Å²) in [6.45, 7) is 3.47. The van der Waals surface area contributed by atoms with Gasteiger partial charge in [0.15, 0.2) is 0 Å². The maximum atomic E-state index is 13.5. The minimum Gasteiger partial charge on any atom is -0.305 e. The first-order valence-electron chi connectivity index (χ1n) is 10.0. The van der Waals surface area contributed by atoms with Crippen LogP contribution >= 0.6 is 27.5 Å². The number of urea groups is 1. The van der Waals surface area contributed by atoms with Crippen LogP contribution in [0.1, 0.15) is 25.0 Å². The molecule has 1 fully saturated rings. The summed E-state index contributed by atoms with van der Waals surface area (Å²) in [5.74, 6) is -0.792. The van der Waals surface area contributed by atoms with E-state index >= 15 is 0 Å². The minimum atomic E-state index is -1.13. The molecular weight excluding hydrogens is 509 g/mol. The van der Waals surface area contributed by atoms with Crippen LogP contribution in [-0.2, 0) is 11.3 Å². The van der Waals surface area contributed by atoms with E-state index in [9.17, 15) is 19.2 Å². The number of halogens is 3. The fourth-order valence-corrected chi connectivity index (χ4v) is 4.39. The van der Waals surface area contributed by atoms with Crippen LogP contribution in [0.5, 0.6) is 0 Å². The Morgan fingerprint density at radius 2 is 1.76 bits per heavy atom. The second-order valence-corrected chi connectivity index (χ2v) is 9.44. The van der Waals surface area contributed by atoms with Crippen LogP contribution in [-0.4, -0.2) is 22.4 Å². The molecule has 1 heterocycles. The van der Waals surface area contributed by atoms with E-state index in [1.54, 1.807) is 62.4 Å². The molecule has 1 aliphatic heterocycles. The Morgan fingerprint density at radius 3 is 2.39 bits per heavy atom. The summed E-state index contributed by atoms with van der Waals surface area (Å²) in [5.41, 5.74) is 1.65. The van der Waals surface area contributed by atoms with E-state index in [4.69, 9.17) is 11.6 Å². The van der Waals surface area contributed by atoms with Crippen molar-refractivity contribution in [3.63, 3.8) is 0 Å². The second kappa shape index (κ2) is 8.62. The summed E-state index contributed by atoms with van der Waals surface area (Å²) in [5, 5.41) is 10.1. The Balaban J connectivity index is 1.74. The molecule has 0 aliphatic carbocycles. The Hall–Kier alpha value is -3.21. The summed E-state index contributed by atoms with van der Waals surface area (Å²) in [6, 6.07) is 17.7. The van der Waals surface area contributed by atoms with Gasteiger partial charge in [0.05, 0.1) is 17.3 Å². The molecule has 5 nitrogen and oxygen atoms in total. The van der Waals surface area contributed by atoms with Crippen LogP contribution in [0.3, 0.4) is 0 Å². The highest BCUT2D eigenvalue weighted by Crippen LogP contribution is 2.37. The molecule has 0 radical (unpaired) electrons. The van der Waals surface area contributed by atoms with Gasteiger partial charge in [-0.15, -0.1) is 0 Å². The number of carbonyl (C=O) groups excluding carboxylic acids is 2. The quantitative estimate of drug-likeness (QED) is 0.363. The van der Waals surface area contributed by atoms with Gasteiger partial charge in [-0.05, 0) is 67.4 Å². The number of anilines is 1. The summed E-state index contributed by atoms with van der Waals surface area (Å²) >= 11 is 9.31. The van der Waals surface area contributed by atoms with Crippen molar-refractivity contribution in [2.45, 2.75) is 25.9 Å². The molecule has 0 atom stereocenters. The maximum absolute atomic E-state index is 13.5. The van der Waals surface area contributed by atoms with Crippen LogP contribution in [0.15, 0.2) is 65.1 Å². The molecule has 166 valence electrons. The van der Waals surface area contributed by atoms with E-state index < -0.39 is 23.3 Å². The minimum absolute atomic E-state index is 0.120. The standard InChI is InChI=1S/C25H18BrClFN3O2/c1-25(2)23(32)31(24(33)30(25)14-17-5-9-19(28)11-22(17)26)20-10-6-16(13-29)21(12-20)15-3-7-18(27)8-4-15/h3-12H,14H2,1-2H3. The topological polar surface area (TPSA) is 64.4 Å². The molecule has 1 aliphatic rings. The molecule has 3 aromatic carbocycles. The molecule has 4 rings (SSSR count). The third-order valence-corrected chi connectivity index (χ3v) is 6.69. The number of hydrogen-bond acceptors (Lipinski definition) is 3. The van der Waals surface area contributed by atoms with Crippen molar-refractivity contribution in [2.75, 3.05) is 4.90 Å². The number of nitriles is 1. The number of amides is 3. The SMILES string of the molecule is CC1(C)C(=O)N(c2ccc(C#N)c(-c3ccc(Cl)cc3)c2)C(=O)N1Cc1ccc(F)cc1Br. The van der Waals surface area contributed by atoms with Crippen molar-refractivity contribution in [3.05, 3.63) is 87.1 Å². The predicted molar refractivity (Wildman–Crippen MR) is 128 cm³/mol. The zero-order valence-corrected chi connectivity index (χ0v) is 20.1. The number of carbonyl (C=O) groups is 2. The van der Waals surface area contributed by atoms with Crippen molar-refractivity contribution < 1.29 is 14.0 Å². The first-order chi connectivity index (χ1) is 15.6. The Labute approximate surface area is 204 Å². The number of nitrogens with zero attached hydrogens (tertiary/aromatic N) is 3. The monoisotopic (exact) mass is 525 g/mol. The van der Waals surface area contributed by atoms with Crippen molar-refractivity contribution >= 4 is 45.2 Å². The van der Waals surface area contributed by atoms with Gasteiger partial charge in [-0.1, -0.05) is 45.7 Å². The summed E-state index contributed by atoms with van der Waals surface area (Å²) < 4.78 is 14.0. The fourth-order valence-electron chi connectivity index (χ4n) is 3.79. The Morgan fingerprint density at radius 1 is 1.06 bits per heavy atom. The highest BCUT2D eigenvalue weighted by molar-refractivity contribution is 9.10. The molecule has 0 saturated carbocycles. The lowest BCUT2D eigenvalue weighted by Gasteiger charge is -2.28. The van der Waals surface area contributed by atoms with Gasteiger partial charge in [0, 0.05) is 21.6 Å². The third kappa shape index (κ3) is 4.12. The normalized spacial score (nSPS) is 15.2. The number of rotatable bonds is 4. The lowest BCUT2D eigenvalue weighted by molar-refractivity contribution is -0.123. The summed E-state index contributed by atoms with van der Waals surface area (Å²) in [4.78, 5) is 29.3. The first kappa shape index (κ1) is 23.0. The number of benzene rings is 3. The molecule has 8 heteroatoms. The molecule has 33 heavy (non-hydrogen) atoms. The van der Waals surface area contributed by atoms with Gasteiger partial charge in [0.25, 0.3) is 5.91 Å². The highest BCUT2D eigenvalue weighted by Gasteiger charge is 2.51. The van der Waals surface area contributed by atoms with Crippen molar-refractivity contribution in [2.24, 2.45) is 0 Å². The van der Waals surface area contributed by atoms with Gasteiger partial charge >= 0.3 is 6.03 Å². The molecule has 0 N–H and O–H groups in total. The van der Waals surface area contributed by atoms with Crippen molar-refractivity contribution in [3.8, 4) is 17.2 Å².